The zero-order chi connectivity index (χ0) is 16.3. The summed E-state index contributed by atoms with van der Waals surface area (Å²) < 4.78 is 19.9. The first-order valence-electron chi connectivity index (χ1n) is 7.45. The molecule has 0 bridgehead atoms. The number of carbonyl (C=O) groups is 1. The number of hydrogen-bond acceptors (Lipinski definition) is 3. The second-order valence-corrected chi connectivity index (χ2v) is 7.39. The van der Waals surface area contributed by atoms with Crippen molar-refractivity contribution in [3.8, 4) is 0 Å². The second-order valence-electron chi connectivity index (χ2n) is 6.47. The van der Waals surface area contributed by atoms with E-state index in [0.29, 0.717) is 23.2 Å². The van der Waals surface area contributed by atoms with E-state index in [4.69, 9.17) is 4.74 Å². The Morgan fingerprint density at radius 2 is 2.23 bits per heavy atom. The topological polar surface area (TPSA) is 41.6 Å². The first-order valence-corrected chi connectivity index (χ1v) is 8.24. The van der Waals surface area contributed by atoms with Crippen LogP contribution in [0.3, 0.4) is 0 Å². The van der Waals surface area contributed by atoms with Gasteiger partial charge in [-0.25, -0.2) is 9.18 Å². The summed E-state index contributed by atoms with van der Waals surface area (Å²) in [5.74, 6) is -0.309. The van der Waals surface area contributed by atoms with E-state index in [2.05, 4.69) is 21.2 Å². The van der Waals surface area contributed by atoms with Gasteiger partial charge < -0.3 is 15.0 Å². The average Bonchev–Trinajstić information content (AvgIpc) is 2.84. The van der Waals surface area contributed by atoms with Gasteiger partial charge in [0.1, 0.15) is 11.4 Å². The third kappa shape index (κ3) is 4.60. The van der Waals surface area contributed by atoms with Crippen LogP contribution in [0.1, 0.15) is 33.6 Å². The SMILES string of the molecule is CC(C)(C)OC(=O)N1CCCC1CNc1ccc(Br)cc1F. The van der Waals surface area contributed by atoms with E-state index in [1.807, 2.05) is 20.8 Å². The lowest BCUT2D eigenvalue weighted by molar-refractivity contribution is 0.0235. The third-order valence-electron chi connectivity index (χ3n) is 3.46. The maximum Gasteiger partial charge on any atom is 0.410 e. The molecule has 22 heavy (non-hydrogen) atoms. The van der Waals surface area contributed by atoms with Crippen molar-refractivity contribution in [2.24, 2.45) is 0 Å². The monoisotopic (exact) mass is 372 g/mol. The fourth-order valence-corrected chi connectivity index (χ4v) is 2.80. The van der Waals surface area contributed by atoms with E-state index in [-0.39, 0.29) is 18.0 Å². The molecular weight excluding hydrogens is 351 g/mol. The van der Waals surface area contributed by atoms with Crippen molar-refractivity contribution in [1.82, 2.24) is 4.90 Å². The Morgan fingerprint density at radius 1 is 1.50 bits per heavy atom. The number of hydrogen-bond donors (Lipinski definition) is 1. The van der Waals surface area contributed by atoms with Crippen LogP contribution in [-0.4, -0.2) is 35.7 Å². The van der Waals surface area contributed by atoms with E-state index in [0.717, 1.165) is 12.8 Å². The summed E-state index contributed by atoms with van der Waals surface area (Å²) in [7, 11) is 0. The number of rotatable bonds is 3. The summed E-state index contributed by atoms with van der Waals surface area (Å²) in [5.41, 5.74) is -0.0608. The number of likely N-dealkylation sites (tertiary alicyclic amines) is 1. The van der Waals surface area contributed by atoms with Crippen molar-refractivity contribution in [3.63, 3.8) is 0 Å². The van der Waals surface area contributed by atoms with Crippen LogP contribution in [0.4, 0.5) is 14.9 Å². The smallest absolute Gasteiger partial charge is 0.410 e. The highest BCUT2D eigenvalue weighted by Crippen LogP contribution is 2.23. The van der Waals surface area contributed by atoms with Crippen molar-refractivity contribution >= 4 is 27.7 Å². The zero-order valence-electron chi connectivity index (χ0n) is 13.2. The number of nitrogens with zero attached hydrogens (tertiary/aromatic N) is 1. The minimum atomic E-state index is -0.504. The van der Waals surface area contributed by atoms with Crippen molar-refractivity contribution < 1.29 is 13.9 Å². The number of amides is 1. The molecule has 6 heteroatoms. The van der Waals surface area contributed by atoms with Gasteiger partial charge in [-0.3, -0.25) is 0 Å². The molecule has 4 nitrogen and oxygen atoms in total. The molecule has 0 aliphatic carbocycles. The van der Waals surface area contributed by atoms with Crippen LogP contribution in [0.15, 0.2) is 22.7 Å². The fourth-order valence-electron chi connectivity index (χ4n) is 2.47. The van der Waals surface area contributed by atoms with Crippen molar-refractivity contribution in [2.75, 3.05) is 18.4 Å². The molecule has 1 N–H and O–H groups in total. The largest absolute Gasteiger partial charge is 0.444 e. The van der Waals surface area contributed by atoms with Gasteiger partial charge in [0.25, 0.3) is 0 Å². The summed E-state index contributed by atoms with van der Waals surface area (Å²) >= 11 is 3.23. The predicted octanol–water partition coefficient (Wildman–Crippen LogP) is 4.40. The fraction of sp³-hybridized carbons (Fsp3) is 0.562. The molecule has 0 spiro atoms. The zero-order valence-corrected chi connectivity index (χ0v) is 14.7. The molecule has 1 aliphatic heterocycles. The molecule has 122 valence electrons. The van der Waals surface area contributed by atoms with Crippen LogP contribution >= 0.6 is 15.9 Å². The van der Waals surface area contributed by atoms with Crippen LogP contribution in [0.2, 0.25) is 0 Å². The Morgan fingerprint density at radius 3 is 2.86 bits per heavy atom. The predicted molar refractivity (Wildman–Crippen MR) is 88.6 cm³/mol. The molecule has 0 aromatic heterocycles. The Bertz CT molecular complexity index is 545. The molecule has 0 radical (unpaired) electrons. The Labute approximate surface area is 139 Å². The Hall–Kier alpha value is -1.30. The summed E-state index contributed by atoms with van der Waals surface area (Å²) in [4.78, 5) is 13.9. The molecule has 1 fully saturated rings. The molecule has 1 aromatic carbocycles. The van der Waals surface area contributed by atoms with Gasteiger partial charge in [0, 0.05) is 17.6 Å². The Balaban J connectivity index is 1.95. The minimum Gasteiger partial charge on any atom is -0.444 e. The van der Waals surface area contributed by atoms with Gasteiger partial charge in [-0.05, 0) is 51.8 Å². The van der Waals surface area contributed by atoms with Gasteiger partial charge in [-0.1, -0.05) is 15.9 Å². The summed E-state index contributed by atoms with van der Waals surface area (Å²) in [6.07, 6.45) is 1.53. The molecule has 1 aromatic rings. The molecule has 1 atom stereocenters. The van der Waals surface area contributed by atoms with E-state index in [1.165, 1.54) is 6.07 Å². The van der Waals surface area contributed by atoms with Crippen molar-refractivity contribution in [2.45, 2.75) is 45.3 Å². The Kier molecular flexibility index (Phi) is 5.32. The first-order chi connectivity index (χ1) is 10.3. The summed E-state index contributed by atoms with van der Waals surface area (Å²) in [6, 6.07) is 4.92. The molecule has 1 amide bonds. The number of anilines is 1. The molecule has 2 rings (SSSR count). The van der Waals surface area contributed by atoms with Crippen LogP contribution in [0, 0.1) is 5.82 Å². The number of halogens is 2. The van der Waals surface area contributed by atoms with Crippen LogP contribution in [0.5, 0.6) is 0 Å². The average molecular weight is 373 g/mol. The first kappa shape index (κ1) is 17.1. The highest BCUT2D eigenvalue weighted by Gasteiger charge is 2.32. The lowest BCUT2D eigenvalue weighted by Crippen LogP contribution is -2.42. The number of carbonyl (C=O) groups excluding carboxylic acids is 1. The molecule has 1 heterocycles. The van der Waals surface area contributed by atoms with Crippen LogP contribution in [-0.2, 0) is 4.74 Å². The number of ether oxygens (including phenoxy) is 1. The maximum absolute atomic E-state index is 13.8. The highest BCUT2D eigenvalue weighted by atomic mass is 79.9. The van der Waals surface area contributed by atoms with Crippen molar-refractivity contribution in [3.05, 3.63) is 28.5 Å². The lowest BCUT2D eigenvalue weighted by Gasteiger charge is -2.29. The van der Waals surface area contributed by atoms with E-state index in [9.17, 15) is 9.18 Å². The van der Waals surface area contributed by atoms with E-state index < -0.39 is 5.60 Å². The van der Waals surface area contributed by atoms with Crippen LogP contribution in [0.25, 0.3) is 0 Å². The molecule has 1 unspecified atom stereocenters. The van der Waals surface area contributed by atoms with Crippen LogP contribution < -0.4 is 5.32 Å². The summed E-state index contributed by atoms with van der Waals surface area (Å²) in [6.45, 7) is 6.75. The lowest BCUT2D eigenvalue weighted by atomic mass is 10.2. The normalized spacial score (nSPS) is 18.4. The van der Waals surface area contributed by atoms with Gasteiger partial charge in [0.15, 0.2) is 0 Å². The molecular formula is C16H22BrFN2O2. The number of nitrogens with one attached hydrogen (secondary N) is 1. The van der Waals surface area contributed by atoms with Gasteiger partial charge in [0.2, 0.25) is 0 Å². The molecule has 0 saturated carbocycles. The van der Waals surface area contributed by atoms with Gasteiger partial charge in [0.05, 0.1) is 11.7 Å². The third-order valence-corrected chi connectivity index (χ3v) is 3.96. The molecule has 1 aliphatic rings. The van der Waals surface area contributed by atoms with Gasteiger partial charge in [-0.15, -0.1) is 0 Å². The van der Waals surface area contributed by atoms with Crippen molar-refractivity contribution in [1.29, 1.82) is 0 Å². The molecule has 1 saturated heterocycles. The van der Waals surface area contributed by atoms with E-state index >= 15 is 0 Å². The standard InChI is InChI=1S/C16H22BrFN2O2/c1-16(2,3)22-15(21)20-8-4-5-12(20)10-19-14-7-6-11(17)9-13(14)18/h6-7,9,12,19H,4-5,8,10H2,1-3H3. The second kappa shape index (κ2) is 6.86. The quantitative estimate of drug-likeness (QED) is 0.854. The van der Waals surface area contributed by atoms with Gasteiger partial charge in [-0.2, -0.15) is 0 Å². The van der Waals surface area contributed by atoms with E-state index in [1.54, 1.807) is 17.0 Å². The number of benzene rings is 1. The van der Waals surface area contributed by atoms with Gasteiger partial charge >= 0.3 is 6.09 Å². The highest BCUT2D eigenvalue weighted by molar-refractivity contribution is 9.10. The minimum absolute atomic E-state index is 0.0258. The maximum atomic E-state index is 13.8. The summed E-state index contributed by atoms with van der Waals surface area (Å²) in [5, 5.41) is 3.08.